The Morgan fingerprint density at radius 3 is 2.55 bits per heavy atom. The van der Waals surface area contributed by atoms with E-state index in [-0.39, 0.29) is 16.5 Å². The van der Waals surface area contributed by atoms with Crippen molar-refractivity contribution in [3.8, 4) is 10.8 Å². The summed E-state index contributed by atoms with van der Waals surface area (Å²) in [6, 6.07) is 9.37. The fourth-order valence-corrected chi connectivity index (χ4v) is 4.95. The highest BCUT2D eigenvalue weighted by molar-refractivity contribution is 9.11. The third-order valence-electron chi connectivity index (χ3n) is 4.08. The fraction of sp³-hybridized carbons (Fsp3) is 0.278. The Morgan fingerprint density at radius 2 is 1.93 bits per heavy atom. The summed E-state index contributed by atoms with van der Waals surface area (Å²) in [4.78, 5) is 13.3. The van der Waals surface area contributed by atoms with Crippen molar-refractivity contribution in [2.45, 2.75) is 24.7 Å². The molecule has 0 aliphatic heterocycles. The molecule has 0 spiro atoms. The molecule has 0 aliphatic rings. The van der Waals surface area contributed by atoms with E-state index in [1.807, 2.05) is 19.1 Å². The number of thiophene rings is 1. The largest absolute Gasteiger partial charge is 0.402 e. The molecule has 11 heteroatoms. The van der Waals surface area contributed by atoms with Gasteiger partial charge in [0.15, 0.2) is 0 Å². The molecule has 0 saturated heterocycles. The van der Waals surface area contributed by atoms with Gasteiger partial charge < -0.3 is 4.42 Å². The maximum absolute atomic E-state index is 12.5. The van der Waals surface area contributed by atoms with E-state index in [1.165, 1.54) is 39.9 Å². The van der Waals surface area contributed by atoms with Gasteiger partial charge in [0.25, 0.3) is 11.8 Å². The molecule has 0 atom stereocenters. The van der Waals surface area contributed by atoms with Crippen LogP contribution in [0.5, 0.6) is 0 Å². The number of sulfonamides is 1. The van der Waals surface area contributed by atoms with E-state index in [0.717, 1.165) is 21.5 Å². The summed E-state index contributed by atoms with van der Waals surface area (Å²) in [5.74, 6) is -0.177. The summed E-state index contributed by atoms with van der Waals surface area (Å²) in [7, 11) is -2.03. The second-order valence-corrected chi connectivity index (χ2v) is 10.7. The van der Waals surface area contributed by atoms with E-state index in [1.54, 1.807) is 7.05 Å². The van der Waals surface area contributed by atoms with E-state index in [9.17, 15) is 13.2 Å². The van der Waals surface area contributed by atoms with Crippen molar-refractivity contribution in [1.29, 1.82) is 0 Å². The van der Waals surface area contributed by atoms with Crippen LogP contribution in [0.1, 0.15) is 30.1 Å². The first kappa shape index (κ1) is 21.6. The molecular formula is C18H19BrN4O4S2. The number of aromatic nitrogens is 2. The van der Waals surface area contributed by atoms with Crippen LogP contribution in [0.15, 0.2) is 49.5 Å². The van der Waals surface area contributed by atoms with Crippen LogP contribution < -0.4 is 5.32 Å². The van der Waals surface area contributed by atoms with Crippen molar-refractivity contribution in [2.24, 2.45) is 0 Å². The number of carbonyl (C=O) groups is 1. The molecule has 0 bridgehead atoms. The Hall–Kier alpha value is -2.08. The molecule has 1 N–H and O–H groups in total. The van der Waals surface area contributed by atoms with Gasteiger partial charge >= 0.3 is 6.01 Å². The van der Waals surface area contributed by atoms with E-state index in [2.05, 4.69) is 31.4 Å². The highest BCUT2D eigenvalue weighted by Crippen LogP contribution is 2.31. The quantitative estimate of drug-likeness (QED) is 0.497. The number of nitrogens with zero attached hydrogens (tertiary/aromatic N) is 3. The number of benzene rings is 1. The van der Waals surface area contributed by atoms with E-state index < -0.39 is 15.9 Å². The Bertz CT molecular complexity index is 1090. The standard InChI is InChI=1S/C18H19BrN4O4S2/c1-3-4-11-23(2)29(25,26)13-7-5-12(6-8-13)16(24)20-18-22-21-17(27-18)14-9-10-15(19)28-14/h5-10H,3-4,11H2,1-2H3,(H,20,22,24). The molecule has 8 nitrogen and oxygen atoms in total. The lowest BCUT2D eigenvalue weighted by Crippen LogP contribution is -2.28. The average molecular weight is 499 g/mol. The van der Waals surface area contributed by atoms with Gasteiger partial charge in [-0.15, -0.1) is 16.4 Å². The molecule has 0 aliphatic carbocycles. The molecule has 0 unspecified atom stereocenters. The van der Waals surface area contributed by atoms with E-state index in [4.69, 9.17) is 4.42 Å². The molecule has 2 heterocycles. The van der Waals surface area contributed by atoms with Gasteiger partial charge in [0, 0.05) is 19.2 Å². The molecule has 1 amide bonds. The molecule has 1 aromatic carbocycles. The number of hydrogen-bond donors (Lipinski definition) is 1. The summed E-state index contributed by atoms with van der Waals surface area (Å²) >= 11 is 4.79. The Kier molecular flexibility index (Phi) is 6.83. The highest BCUT2D eigenvalue weighted by atomic mass is 79.9. The van der Waals surface area contributed by atoms with Crippen LogP contribution in [0.25, 0.3) is 10.8 Å². The van der Waals surface area contributed by atoms with Crippen molar-refractivity contribution in [1.82, 2.24) is 14.5 Å². The maximum atomic E-state index is 12.5. The minimum absolute atomic E-state index is 0.0366. The predicted molar refractivity (Wildman–Crippen MR) is 114 cm³/mol. The first-order valence-corrected chi connectivity index (χ1v) is 11.8. The fourth-order valence-electron chi connectivity index (χ4n) is 2.43. The van der Waals surface area contributed by atoms with Crippen LogP contribution in [0, 0.1) is 0 Å². The summed E-state index contributed by atoms with van der Waals surface area (Å²) in [5, 5.41) is 10.2. The van der Waals surface area contributed by atoms with Gasteiger partial charge in [-0.05, 0) is 58.7 Å². The molecule has 3 rings (SSSR count). The summed E-state index contributed by atoms with van der Waals surface area (Å²) in [6.07, 6.45) is 1.69. The Morgan fingerprint density at radius 1 is 1.21 bits per heavy atom. The lowest BCUT2D eigenvalue weighted by Gasteiger charge is -2.16. The average Bonchev–Trinajstić information content (AvgIpc) is 3.35. The van der Waals surface area contributed by atoms with E-state index in [0.29, 0.717) is 12.4 Å². The second kappa shape index (κ2) is 9.16. The maximum Gasteiger partial charge on any atom is 0.322 e. The number of nitrogens with one attached hydrogen (secondary N) is 1. The number of amides is 1. The minimum Gasteiger partial charge on any atom is -0.402 e. The number of unbranched alkanes of at least 4 members (excludes halogenated alkanes) is 1. The summed E-state index contributed by atoms with van der Waals surface area (Å²) < 4.78 is 32.8. The van der Waals surface area contributed by atoms with Crippen LogP contribution in [0.4, 0.5) is 6.01 Å². The first-order valence-electron chi connectivity index (χ1n) is 8.78. The lowest BCUT2D eigenvalue weighted by molar-refractivity contribution is 0.102. The monoisotopic (exact) mass is 498 g/mol. The lowest BCUT2D eigenvalue weighted by atomic mass is 10.2. The van der Waals surface area contributed by atoms with Crippen LogP contribution in [0.2, 0.25) is 0 Å². The van der Waals surface area contributed by atoms with Gasteiger partial charge in [0.05, 0.1) is 13.6 Å². The van der Waals surface area contributed by atoms with Gasteiger partial charge in [0.2, 0.25) is 10.0 Å². The van der Waals surface area contributed by atoms with Crippen molar-refractivity contribution in [2.75, 3.05) is 18.9 Å². The van der Waals surface area contributed by atoms with Gasteiger partial charge in [0.1, 0.15) is 0 Å². The minimum atomic E-state index is -3.58. The third-order valence-corrected chi connectivity index (χ3v) is 7.56. The van der Waals surface area contributed by atoms with Crippen LogP contribution in [-0.2, 0) is 10.0 Å². The van der Waals surface area contributed by atoms with Crippen molar-refractivity contribution in [3.63, 3.8) is 0 Å². The van der Waals surface area contributed by atoms with Crippen LogP contribution in [-0.4, -0.2) is 42.4 Å². The van der Waals surface area contributed by atoms with Crippen molar-refractivity contribution < 1.29 is 17.6 Å². The third kappa shape index (κ3) is 5.10. The summed E-state index contributed by atoms with van der Waals surface area (Å²) in [5.41, 5.74) is 0.277. The first-order chi connectivity index (χ1) is 13.8. The highest BCUT2D eigenvalue weighted by Gasteiger charge is 2.21. The molecule has 0 saturated carbocycles. The summed E-state index contributed by atoms with van der Waals surface area (Å²) in [6.45, 7) is 2.45. The second-order valence-electron chi connectivity index (χ2n) is 6.17. The number of rotatable bonds is 8. The molecule has 3 aromatic rings. The molecule has 0 fully saturated rings. The predicted octanol–water partition coefficient (Wildman–Crippen LogP) is 4.23. The molecule has 2 aromatic heterocycles. The van der Waals surface area contributed by atoms with Gasteiger partial charge in [-0.1, -0.05) is 18.4 Å². The topological polar surface area (TPSA) is 105 Å². The zero-order chi connectivity index (χ0) is 21.0. The van der Waals surface area contributed by atoms with Crippen LogP contribution in [0.3, 0.4) is 0 Å². The Balaban J connectivity index is 1.69. The van der Waals surface area contributed by atoms with Crippen molar-refractivity contribution >= 4 is 49.2 Å². The van der Waals surface area contributed by atoms with Crippen LogP contribution >= 0.6 is 27.3 Å². The van der Waals surface area contributed by atoms with Crippen molar-refractivity contribution in [3.05, 3.63) is 45.7 Å². The molecular weight excluding hydrogens is 480 g/mol. The molecule has 0 radical (unpaired) electrons. The number of hydrogen-bond acceptors (Lipinski definition) is 7. The smallest absolute Gasteiger partial charge is 0.322 e. The molecule has 29 heavy (non-hydrogen) atoms. The van der Waals surface area contributed by atoms with Gasteiger partial charge in [-0.25, -0.2) is 12.7 Å². The zero-order valence-corrected chi connectivity index (χ0v) is 19.0. The van der Waals surface area contributed by atoms with E-state index >= 15 is 0 Å². The van der Waals surface area contributed by atoms with Gasteiger partial charge in [-0.2, -0.15) is 0 Å². The normalized spacial score (nSPS) is 11.7. The number of anilines is 1. The number of halogens is 1. The molecule has 154 valence electrons. The Labute approximate surface area is 181 Å². The van der Waals surface area contributed by atoms with Gasteiger partial charge in [-0.3, -0.25) is 10.1 Å². The number of carbonyl (C=O) groups excluding carboxylic acids is 1. The zero-order valence-electron chi connectivity index (χ0n) is 15.8. The SMILES string of the molecule is CCCCN(C)S(=O)(=O)c1ccc(C(=O)Nc2nnc(-c3ccc(Br)s3)o2)cc1.